The van der Waals surface area contributed by atoms with Gasteiger partial charge in [-0.25, -0.2) is 4.79 Å². The monoisotopic (exact) mass is 223 g/mol. The molecule has 1 atom stereocenters. The number of aryl methyl sites for hydroxylation is 1. The van der Waals surface area contributed by atoms with Gasteiger partial charge in [0.1, 0.15) is 5.56 Å². The predicted molar refractivity (Wildman–Crippen MR) is 59.8 cm³/mol. The van der Waals surface area contributed by atoms with E-state index in [4.69, 9.17) is 5.11 Å². The van der Waals surface area contributed by atoms with Gasteiger partial charge in [0.05, 0.1) is 17.4 Å². The Morgan fingerprint density at radius 3 is 2.62 bits per heavy atom. The van der Waals surface area contributed by atoms with Crippen molar-refractivity contribution in [2.75, 3.05) is 20.1 Å². The summed E-state index contributed by atoms with van der Waals surface area (Å²) in [5.41, 5.74) is 1.74. The van der Waals surface area contributed by atoms with Crippen molar-refractivity contribution in [2.24, 2.45) is 0 Å². The number of likely N-dealkylation sites (tertiary alicyclic amines) is 1. The molecular weight excluding hydrogens is 206 g/mol. The second kappa shape index (κ2) is 3.90. The molecule has 1 saturated heterocycles. The largest absolute Gasteiger partial charge is 0.478 e. The molecule has 1 aliphatic heterocycles. The van der Waals surface area contributed by atoms with Gasteiger partial charge in [0, 0.05) is 6.54 Å². The van der Waals surface area contributed by atoms with E-state index in [2.05, 4.69) is 17.0 Å². The molecule has 5 nitrogen and oxygen atoms in total. The van der Waals surface area contributed by atoms with Crippen molar-refractivity contribution in [3.8, 4) is 0 Å². The highest BCUT2D eigenvalue weighted by atomic mass is 16.4. The van der Waals surface area contributed by atoms with Crippen molar-refractivity contribution in [1.82, 2.24) is 14.7 Å². The average molecular weight is 223 g/mol. The minimum atomic E-state index is -0.882. The molecule has 0 amide bonds. The fourth-order valence-electron chi connectivity index (χ4n) is 2.44. The first-order valence-electron chi connectivity index (χ1n) is 5.48. The zero-order valence-corrected chi connectivity index (χ0v) is 9.90. The minimum Gasteiger partial charge on any atom is -0.478 e. The average Bonchev–Trinajstić information content (AvgIpc) is 2.70. The van der Waals surface area contributed by atoms with Crippen LogP contribution in [0.3, 0.4) is 0 Å². The normalized spacial score (nSPS) is 21.6. The molecule has 0 spiro atoms. The van der Waals surface area contributed by atoms with Crippen LogP contribution in [-0.4, -0.2) is 45.9 Å². The fraction of sp³-hybridized carbons (Fsp3) is 0.636. The summed E-state index contributed by atoms with van der Waals surface area (Å²) in [4.78, 5) is 13.3. The lowest BCUT2D eigenvalue weighted by molar-refractivity contribution is 0.0695. The molecule has 1 aromatic heterocycles. The molecule has 1 N–H and O–H groups in total. The van der Waals surface area contributed by atoms with Crippen LogP contribution < -0.4 is 0 Å². The molecule has 0 aromatic carbocycles. The Morgan fingerprint density at radius 2 is 2.19 bits per heavy atom. The molecule has 1 aliphatic rings. The van der Waals surface area contributed by atoms with Gasteiger partial charge in [-0.15, -0.1) is 0 Å². The van der Waals surface area contributed by atoms with Gasteiger partial charge in [0.15, 0.2) is 0 Å². The molecule has 16 heavy (non-hydrogen) atoms. The molecule has 0 radical (unpaired) electrons. The van der Waals surface area contributed by atoms with E-state index in [1.54, 1.807) is 6.92 Å². The lowest BCUT2D eigenvalue weighted by Gasteiger charge is -2.13. The number of hydrogen-bond acceptors (Lipinski definition) is 3. The number of hydrogen-bond donors (Lipinski definition) is 1. The van der Waals surface area contributed by atoms with Gasteiger partial charge < -0.3 is 10.0 Å². The van der Waals surface area contributed by atoms with Crippen molar-refractivity contribution >= 4 is 5.97 Å². The summed E-state index contributed by atoms with van der Waals surface area (Å²) >= 11 is 0. The first-order valence-corrected chi connectivity index (χ1v) is 5.48. The number of carboxylic acids is 1. The number of likely N-dealkylation sites (N-methyl/N-ethyl adjacent to an activating group) is 1. The van der Waals surface area contributed by atoms with Crippen LogP contribution in [0.4, 0.5) is 0 Å². The highest BCUT2D eigenvalue weighted by Crippen LogP contribution is 2.24. The second-order valence-corrected chi connectivity index (χ2v) is 4.50. The smallest absolute Gasteiger partial charge is 0.339 e. The Hall–Kier alpha value is -1.36. The Kier molecular flexibility index (Phi) is 2.71. The topological polar surface area (TPSA) is 58.4 Å². The molecule has 1 aromatic rings. The maximum absolute atomic E-state index is 11.1. The SMILES string of the molecule is Cc1nn(C2CCN(C)C2)c(C)c1C(=O)O. The third-order valence-corrected chi connectivity index (χ3v) is 3.25. The van der Waals surface area contributed by atoms with Crippen molar-refractivity contribution in [3.05, 3.63) is 17.0 Å². The zero-order valence-electron chi connectivity index (χ0n) is 9.90. The summed E-state index contributed by atoms with van der Waals surface area (Å²) in [6.07, 6.45) is 1.04. The van der Waals surface area contributed by atoms with Crippen molar-refractivity contribution in [1.29, 1.82) is 0 Å². The van der Waals surface area contributed by atoms with Gasteiger partial charge in [-0.1, -0.05) is 0 Å². The number of rotatable bonds is 2. The molecule has 0 bridgehead atoms. The summed E-state index contributed by atoms with van der Waals surface area (Å²) in [5.74, 6) is -0.882. The van der Waals surface area contributed by atoms with Crippen LogP contribution in [-0.2, 0) is 0 Å². The molecule has 1 fully saturated rings. The van der Waals surface area contributed by atoms with E-state index in [1.165, 1.54) is 0 Å². The molecule has 2 heterocycles. The Balaban J connectivity index is 2.36. The van der Waals surface area contributed by atoms with Crippen LogP contribution >= 0.6 is 0 Å². The van der Waals surface area contributed by atoms with E-state index < -0.39 is 5.97 Å². The lowest BCUT2D eigenvalue weighted by Crippen LogP contribution is -2.18. The number of aromatic nitrogens is 2. The Bertz CT molecular complexity index is 425. The first kappa shape index (κ1) is 11.1. The molecule has 5 heteroatoms. The molecule has 88 valence electrons. The summed E-state index contributed by atoms with van der Waals surface area (Å²) < 4.78 is 1.88. The number of nitrogens with zero attached hydrogens (tertiary/aromatic N) is 3. The number of aromatic carboxylic acids is 1. The van der Waals surface area contributed by atoms with E-state index >= 15 is 0 Å². The molecule has 1 unspecified atom stereocenters. The standard InChI is InChI=1S/C11H17N3O2/c1-7-10(11(15)16)8(2)14(12-7)9-4-5-13(3)6-9/h9H,4-6H2,1-3H3,(H,15,16). The van der Waals surface area contributed by atoms with Crippen LogP contribution in [0.25, 0.3) is 0 Å². The van der Waals surface area contributed by atoms with Gasteiger partial charge in [0.2, 0.25) is 0 Å². The maximum atomic E-state index is 11.1. The van der Waals surface area contributed by atoms with E-state index in [-0.39, 0.29) is 0 Å². The molecule has 2 rings (SSSR count). The molecular formula is C11H17N3O2. The zero-order chi connectivity index (χ0) is 11.9. The summed E-state index contributed by atoms with van der Waals surface area (Å²) in [7, 11) is 2.07. The second-order valence-electron chi connectivity index (χ2n) is 4.50. The lowest BCUT2D eigenvalue weighted by atomic mass is 10.2. The van der Waals surface area contributed by atoms with E-state index in [9.17, 15) is 4.79 Å². The van der Waals surface area contributed by atoms with Crippen molar-refractivity contribution in [2.45, 2.75) is 26.3 Å². The Morgan fingerprint density at radius 1 is 1.50 bits per heavy atom. The summed E-state index contributed by atoms with van der Waals surface area (Å²) in [6.45, 7) is 5.58. The quantitative estimate of drug-likeness (QED) is 0.815. The van der Waals surface area contributed by atoms with Gasteiger partial charge >= 0.3 is 5.97 Å². The number of carboxylic acid groups (broad SMARTS) is 1. The van der Waals surface area contributed by atoms with E-state index in [1.807, 2.05) is 11.6 Å². The van der Waals surface area contributed by atoms with Crippen LogP contribution in [0.2, 0.25) is 0 Å². The fourth-order valence-corrected chi connectivity index (χ4v) is 2.44. The Labute approximate surface area is 94.7 Å². The van der Waals surface area contributed by atoms with Crippen molar-refractivity contribution < 1.29 is 9.90 Å². The van der Waals surface area contributed by atoms with Gasteiger partial charge in [-0.3, -0.25) is 4.68 Å². The van der Waals surface area contributed by atoms with E-state index in [0.29, 0.717) is 17.3 Å². The summed E-state index contributed by atoms with van der Waals surface area (Å²) in [5, 5.41) is 13.4. The van der Waals surface area contributed by atoms with Crippen LogP contribution in [0.5, 0.6) is 0 Å². The highest BCUT2D eigenvalue weighted by molar-refractivity contribution is 5.90. The van der Waals surface area contributed by atoms with Gasteiger partial charge in [0.25, 0.3) is 0 Å². The predicted octanol–water partition coefficient (Wildman–Crippen LogP) is 1.07. The van der Waals surface area contributed by atoms with Gasteiger partial charge in [-0.2, -0.15) is 5.10 Å². The van der Waals surface area contributed by atoms with Crippen LogP contribution in [0.15, 0.2) is 0 Å². The van der Waals surface area contributed by atoms with Crippen LogP contribution in [0, 0.1) is 13.8 Å². The first-order chi connectivity index (χ1) is 7.50. The highest BCUT2D eigenvalue weighted by Gasteiger charge is 2.26. The summed E-state index contributed by atoms with van der Waals surface area (Å²) in [6, 6.07) is 0.316. The third-order valence-electron chi connectivity index (χ3n) is 3.25. The minimum absolute atomic E-state index is 0.316. The number of carbonyl (C=O) groups is 1. The van der Waals surface area contributed by atoms with Gasteiger partial charge in [-0.05, 0) is 33.9 Å². The maximum Gasteiger partial charge on any atom is 0.339 e. The molecule has 0 saturated carbocycles. The van der Waals surface area contributed by atoms with Crippen LogP contribution in [0.1, 0.15) is 34.2 Å². The van der Waals surface area contributed by atoms with E-state index in [0.717, 1.165) is 25.2 Å². The van der Waals surface area contributed by atoms with Crippen molar-refractivity contribution in [3.63, 3.8) is 0 Å². The third kappa shape index (κ3) is 1.71. The molecule has 0 aliphatic carbocycles.